The molecule has 0 saturated heterocycles. The summed E-state index contributed by atoms with van der Waals surface area (Å²) in [4.78, 5) is 1.32. The largest absolute Gasteiger partial charge is 0.382 e. The first-order valence-corrected chi connectivity index (χ1v) is 7.03. The normalized spacial score (nSPS) is 16.3. The molecule has 1 saturated carbocycles. The van der Waals surface area contributed by atoms with E-state index in [9.17, 15) is 4.39 Å². The number of anilines is 1. The van der Waals surface area contributed by atoms with Gasteiger partial charge in [0, 0.05) is 11.7 Å². The lowest BCUT2D eigenvalue weighted by molar-refractivity contribution is 0.462. The first kappa shape index (κ1) is 13.0. The highest BCUT2D eigenvalue weighted by atomic mass is 19.1. The van der Waals surface area contributed by atoms with E-state index in [0.717, 1.165) is 18.5 Å². The van der Waals surface area contributed by atoms with Crippen LogP contribution < -0.4 is 5.32 Å². The third-order valence-corrected chi connectivity index (χ3v) is 3.69. The SMILES string of the molecule is Cn1nnc(-c2ccc(NC3CCCCC3)cc2F)n1. The zero-order valence-corrected chi connectivity index (χ0v) is 11.5. The smallest absolute Gasteiger partial charge is 0.207 e. The molecule has 0 bridgehead atoms. The minimum Gasteiger partial charge on any atom is -0.382 e. The van der Waals surface area contributed by atoms with Gasteiger partial charge in [0.15, 0.2) is 0 Å². The number of benzene rings is 1. The maximum Gasteiger partial charge on any atom is 0.207 e. The second-order valence-electron chi connectivity index (χ2n) is 5.28. The van der Waals surface area contributed by atoms with Crippen molar-refractivity contribution in [1.29, 1.82) is 0 Å². The summed E-state index contributed by atoms with van der Waals surface area (Å²) in [5.41, 5.74) is 1.20. The van der Waals surface area contributed by atoms with Gasteiger partial charge in [-0.25, -0.2) is 4.39 Å². The fourth-order valence-electron chi connectivity index (χ4n) is 2.66. The lowest BCUT2D eigenvalue weighted by atomic mass is 9.95. The fraction of sp³-hybridized carbons (Fsp3) is 0.500. The minimum atomic E-state index is -0.321. The predicted molar refractivity (Wildman–Crippen MR) is 74.7 cm³/mol. The number of nitrogens with one attached hydrogen (secondary N) is 1. The second-order valence-corrected chi connectivity index (χ2v) is 5.28. The molecule has 0 unspecified atom stereocenters. The Morgan fingerprint density at radius 1 is 1.25 bits per heavy atom. The molecule has 1 aromatic heterocycles. The van der Waals surface area contributed by atoms with E-state index >= 15 is 0 Å². The Morgan fingerprint density at radius 2 is 2.05 bits per heavy atom. The Balaban J connectivity index is 1.76. The van der Waals surface area contributed by atoms with Crippen molar-refractivity contribution >= 4 is 5.69 Å². The van der Waals surface area contributed by atoms with E-state index in [2.05, 4.69) is 20.7 Å². The molecule has 5 nitrogen and oxygen atoms in total. The molecule has 0 radical (unpaired) electrons. The molecule has 1 aliphatic carbocycles. The van der Waals surface area contributed by atoms with Crippen LogP contribution in [0.2, 0.25) is 0 Å². The van der Waals surface area contributed by atoms with Crippen molar-refractivity contribution in [3.63, 3.8) is 0 Å². The van der Waals surface area contributed by atoms with Gasteiger partial charge in [0.1, 0.15) is 5.82 Å². The van der Waals surface area contributed by atoms with E-state index in [1.807, 2.05) is 6.07 Å². The molecular weight excluding hydrogens is 257 g/mol. The highest BCUT2D eigenvalue weighted by Gasteiger charge is 2.15. The monoisotopic (exact) mass is 275 g/mol. The van der Waals surface area contributed by atoms with Crippen LogP contribution in [0.1, 0.15) is 32.1 Å². The first-order valence-electron chi connectivity index (χ1n) is 7.03. The summed E-state index contributed by atoms with van der Waals surface area (Å²) in [6.45, 7) is 0. The average molecular weight is 275 g/mol. The molecule has 1 N–H and O–H groups in total. The number of nitrogens with zero attached hydrogens (tertiary/aromatic N) is 4. The Kier molecular flexibility index (Phi) is 3.62. The van der Waals surface area contributed by atoms with Gasteiger partial charge >= 0.3 is 0 Å². The van der Waals surface area contributed by atoms with Crippen molar-refractivity contribution in [2.45, 2.75) is 38.1 Å². The number of halogens is 1. The van der Waals surface area contributed by atoms with Gasteiger partial charge < -0.3 is 5.32 Å². The predicted octanol–water partition coefficient (Wildman–Crippen LogP) is 2.76. The molecule has 1 aliphatic rings. The number of hydrogen-bond acceptors (Lipinski definition) is 4. The van der Waals surface area contributed by atoms with Gasteiger partial charge in [0.2, 0.25) is 5.82 Å². The van der Waals surface area contributed by atoms with Gasteiger partial charge in [-0.15, -0.1) is 10.2 Å². The fourth-order valence-corrected chi connectivity index (χ4v) is 2.66. The molecule has 6 heteroatoms. The van der Waals surface area contributed by atoms with Crippen LogP contribution in [-0.4, -0.2) is 26.2 Å². The van der Waals surface area contributed by atoms with Gasteiger partial charge in [-0.1, -0.05) is 19.3 Å². The lowest BCUT2D eigenvalue weighted by Gasteiger charge is -2.23. The van der Waals surface area contributed by atoms with Crippen LogP contribution in [0.25, 0.3) is 11.4 Å². The van der Waals surface area contributed by atoms with Crippen molar-refractivity contribution in [2.75, 3.05) is 5.32 Å². The summed E-state index contributed by atoms with van der Waals surface area (Å²) < 4.78 is 14.1. The summed E-state index contributed by atoms with van der Waals surface area (Å²) in [6, 6.07) is 5.56. The van der Waals surface area contributed by atoms with Crippen molar-refractivity contribution < 1.29 is 4.39 Å². The molecule has 1 fully saturated rings. The number of aromatic nitrogens is 4. The van der Waals surface area contributed by atoms with Gasteiger partial charge in [-0.2, -0.15) is 4.80 Å². The Bertz CT molecular complexity index is 589. The molecule has 0 atom stereocenters. The molecule has 106 valence electrons. The maximum absolute atomic E-state index is 14.1. The van der Waals surface area contributed by atoms with Crippen LogP contribution in [0, 0.1) is 5.82 Å². The summed E-state index contributed by atoms with van der Waals surface area (Å²) in [5.74, 6) is -0.00646. The van der Waals surface area contributed by atoms with Crippen LogP contribution in [0.4, 0.5) is 10.1 Å². The molecule has 0 aliphatic heterocycles. The second kappa shape index (κ2) is 5.56. The average Bonchev–Trinajstić information content (AvgIpc) is 2.86. The zero-order valence-electron chi connectivity index (χ0n) is 11.5. The molecular formula is C14H18FN5. The van der Waals surface area contributed by atoms with Crippen molar-refractivity contribution in [2.24, 2.45) is 7.05 Å². The maximum atomic E-state index is 14.1. The minimum absolute atomic E-state index is 0.314. The van der Waals surface area contributed by atoms with E-state index in [4.69, 9.17) is 0 Å². The van der Waals surface area contributed by atoms with E-state index < -0.39 is 0 Å². The first-order chi connectivity index (χ1) is 9.72. The molecule has 1 aromatic carbocycles. The number of tetrazole rings is 1. The van der Waals surface area contributed by atoms with Gasteiger partial charge in [-0.05, 0) is 36.3 Å². The van der Waals surface area contributed by atoms with Crippen LogP contribution >= 0.6 is 0 Å². The van der Waals surface area contributed by atoms with Gasteiger partial charge in [-0.3, -0.25) is 0 Å². The molecule has 20 heavy (non-hydrogen) atoms. The molecule has 2 aromatic rings. The molecule has 1 heterocycles. The summed E-state index contributed by atoms with van der Waals surface area (Å²) in [6.07, 6.45) is 6.14. The van der Waals surface area contributed by atoms with Crippen LogP contribution in [0.3, 0.4) is 0 Å². The van der Waals surface area contributed by atoms with Gasteiger partial charge in [0.05, 0.1) is 12.6 Å². The topological polar surface area (TPSA) is 55.6 Å². The van der Waals surface area contributed by atoms with E-state index in [1.165, 1.54) is 30.1 Å². The van der Waals surface area contributed by atoms with E-state index in [1.54, 1.807) is 13.1 Å². The summed E-state index contributed by atoms with van der Waals surface area (Å²) in [5, 5.41) is 15.0. The molecule has 0 amide bonds. The lowest BCUT2D eigenvalue weighted by Crippen LogP contribution is -2.22. The molecule has 3 rings (SSSR count). The zero-order chi connectivity index (χ0) is 13.9. The van der Waals surface area contributed by atoms with E-state index in [-0.39, 0.29) is 5.82 Å². The number of aryl methyl sites for hydroxylation is 1. The highest BCUT2D eigenvalue weighted by Crippen LogP contribution is 2.25. The third kappa shape index (κ3) is 2.79. The summed E-state index contributed by atoms with van der Waals surface area (Å²) >= 11 is 0. The number of rotatable bonds is 3. The van der Waals surface area contributed by atoms with Crippen LogP contribution in [0.15, 0.2) is 18.2 Å². The quantitative estimate of drug-likeness (QED) is 0.935. The van der Waals surface area contributed by atoms with Crippen molar-refractivity contribution in [3.8, 4) is 11.4 Å². The third-order valence-electron chi connectivity index (χ3n) is 3.69. The van der Waals surface area contributed by atoms with Gasteiger partial charge in [0.25, 0.3) is 0 Å². The molecule has 0 spiro atoms. The Hall–Kier alpha value is -1.98. The van der Waals surface area contributed by atoms with Crippen LogP contribution in [0.5, 0.6) is 0 Å². The Morgan fingerprint density at radius 3 is 2.70 bits per heavy atom. The van der Waals surface area contributed by atoms with E-state index in [0.29, 0.717) is 17.4 Å². The Labute approximate surface area is 117 Å². The van der Waals surface area contributed by atoms with Crippen molar-refractivity contribution in [3.05, 3.63) is 24.0 Å². The summed E-state index contributed by atoms with van der Waals surface area (Å²) in [7, 11) is 1.66. The highest BCUT2D eigenvalue weighted by molar-refractivity contribution is 5.60. The standard InChI is InChI=1S/C14H18FN5/c1-20-18-14(17-19-20)12-8-7-11(9-13(12)15)16-10-5-3-2-4-6-10/h7-10,16H,2-6H2,1H3. The van der Waals surface area contributed by atoms with Crippen LogP contribution in [-0.2, 0) is 7.05 Å². The van der Waals surface area contributed by atoms with Crippen molar-refractivity contribution in [1.82, 2.24) is 20.2 Å². The number of hydrogen-bond donors (Lipinski definition) is 1.